The number of hydrogen-bond acceptors (Lipinski definition) is 6. The molecule has 2 unspecified atom stereocenters. The molecule has 1 heterocycles. The van der Waals surface area contributed by atoms with E-state index in [9.17, 15) is 13.5 Å². The van der Waals surface area contributed by atoms with Crippen molar-refractivity contribution in [2.45, 2.75) is 25.1 Å². The summed E-state index contributed by atoms with van der Waals surface area (Å²) in [6, 6.07) is 14.5. The molecule has 29 heavy (non-hydrogen) atoms. The summed E-state index contributed by atoms with van der Waals surface area (Å²) in [5.41, 5.74) is 1.000. The predicted octanol–water partition coefficient (Wildman–Crippen LogP) is 2.78. The molecule has 2 aromatic rings. The Morgan fingerprint density at radius 3 is 2.62 bits per heavy atom. The Kier molecular flexibility index (Phi) is 7.40. The number of sulfone groups is 1. The maximum absolute atomic E-state index is 12.0. The molecule has 2 aromatic carbocycles. The Morgan fingerprint density at radius 1 is 1.21 bits per heavy atom. The first-order valence-electron chi connectivity index (χ1n) is 9.48. The van der Waals surface area contributed by atoms with Crippen molar-refractivity contribution in [3.63, 3.8) is 0 Å². The molecule has 0 saturated carbocycles. The SMILES string of the molecule is COc1cccc(CN(CC(O)COc2ccc(Cl)cc2)C2CCS(=O)(=O)C2)c1. The summed E-state index contributed by atoms with van der Waals surface area (Å²) in [5.74, 6) is 1.66. The van der Waals surface area contributed by atoms with Gasteiger partial charge in [0.05, 0.1) is 18.6 Å². The normalized spacial score (nSPS) is 19.2. The van der Waals surface area contributed by atoms with Crippen LogP contribution in [0.25, 0.3) is 0 Å². The van der Waals surface area contributed by atoms with Crippen LogP contribution in [0.1, 0.15) is 12.0 Å². The van der Waals surface area contributed by atoms with Crippen LogP contribution < -0.4 is 9.47 Å². The molecule has 1 aliphatic rings. The number of aliphatic hydroxyl groups excluding tert-OH is 1. The summed E-state index contributed by atoms with van der Waals surface area (Å²) < 4.78 is 34.9. The van der Waals surface area contributed by atoms with Crippen LogP contribution in [-0.4, -0.2) is 62.3 Å². The highest BCUT2D eigenvalue weighted by Crippen LogP contribution is 2.22. The Morgan fingerprint density at radius 2 is 1.97 bits per heavy atom. The summed E-state index contributed by atoms with van der Waals surface area (Å²) in [4.78, 5) is 2.02. The van der Waals surface area contributed by atoms with Gasteiger partial charge in [-0.1, -0.05) is 23.7 Å². The largest absolute Gasteiger partial charge is 0.497 e. The van der Waals surface area contributed by atoms with Crippen molar-refractivity contribution in [1.82, 2.24) is 4.90 Å². The number of ether oxygens (including phenoxy) is 2. The van der Waals surface area contributed by atoms with Gasteiger partial charge in [0, 0.05) is 24.2 Å². The van der Waals surface area contributed by atoms with Crippen molar-refractivity contribution in [2.75, 3.05) is 31.8 Å². The average molecular weight is 440 g/mol. The zero-order valence-electron chi connectivity index (χ0n) is 16.3. The Balaban J connectivity index is 1.66. The lowest BCUT2D eigenvalue weighted by molar-refractivity contribution is 0.0524. The van der Waals surface area contributed by atoms with Crippen LogP contribution in [0.4, 0.5) is 0 Å². The first-order valence-corrected chi connectivity index (χ1v) is 11.7. The molecule has 3 rings (SSSR count). The lowest BCUT2D eigenvalue weighted by Gasteiger charge is -2.30. The van der Waals surface area contributed by atoms with Gasteiger partial charge in [0.25, 0.3) is 0 Å². The van der Waals surface area contributed by atoms with E-state index in [4.69, 9.17) is 21.1 Å². The van der Waals surface area contributed by atoms with E-state index in [0.29, 0.717) is 30.3 Å². The highest BCUT2D eigenvalue weighted by atomic mass is 35.5. The first kappa shape index (κ1) is 21.9. The number of aliphatic hydroxyl groups is 1. The van der Waals surface area contributed by atoms with Crippen LogP contribution in [-0.2, 0) is 16.4 Å². The third-order valence-electron chi connectivity index (χ3n) is 4.95. The smallest absolute Gasteiger partial charge is 0.151 e. The van der Waals surface area contributed by atoms with Gasteiger partial charge in [-0.2, -0.15) is 0 Å². The number of methoxy groups -OCH3 is 1. The molecule has 2 atom stereocenters. The van der Waals surface area contributed by atoms with Crippen molar-refractivity contribution in [2.24, 2.45) is 0 Å². The molecule has 1 N–H and O–H groups in total. The maximum Gasteiger partial charge on any atom is 0.151 e. The lowest BCUT2D eigenvalue weighted by Crippen LogP contribution is -2.42. The number of halogens is 1. The topological polar surface area (TPSA) is 76.1 Å². The minimum absolute atomic E-state index is 0.107. The van der Waals surface area contributed by atoms with Gasteiger partial charge in [0.1, 0.15) is 24.2 Å². The lowest BCUT2D eigenvalue weighted by atomic mass is 10.1. The van der Waals surface area contributed by atoms with Crippen molar-refractivity contribution >= 4 is 21.4 Å². The van der Waals surface area contributed by atoms with Crippen LogP contribution in [0.15, 0.2) is 48.5 Å². The molecule has 1 aliphatic heterocycles. The van der Waals surface area contributed by atoms with Crippen molar-refractivity contribution < 1.29 is 23.0 Å². The second-order valence-corrected chi connectivity index (χ2v) is 9.92. The summed E-state index contributed by atoms with van der Waals surface area (Å²) in [7, 11) is -1.42. The zero-order valence-corrected chi connectivity index (χ0v) is 17.9. The fourth-order valence-electron chi connectivity index (χ4n) is 3.46. The molecule has 0 aromatic heterocycles. The summed E-state index contributed by atoms with van der Waals surface area (Å²) in [6.07, 6.45) is -0.198. The predicted molar refractivity (Wildman–Crippen MR) is 113 cm³/mol. The standard InChI is InChI=1S/C21H26ClNO5S/c1-27-21-4-2-3-16(11-21)12-23(18-9-10-29(25,26)15-18)13-19(24)14-28-20-7-5-17(22)6-8-20/h2-8,11,18-19,24H,9-10,12-15H2,1H3. The van der Waals surface area contributed by atoms with Gasteiger partial charge in [-0.05, 0) is 48.4 Å². The third kappa shape index (κ3) is 6.60. The first-order chi connectivity index (χ1) is 13.8. The molecular formula is C21H26ClNO5S. The molecule has 8 heteroatoms. The Bertz CT molecular complexity index is 904. The molecule has 6 nitrogen and oxygen atoms in total. The second-order valence-electron chi connectivity index (χ2n) is 7.26. The summed E-state index contributed by atoms with van der Waals surface area (Å²) >= 11 is 5.87. The van der Waals surface area contributed by atoms with Gasteiger partial charge in [-0.15, -0.1) is 0 Å². The monoisotopic (exact) mass is 439 g/mol. The molecule has 0 aliphatic carbocycles. The minimum atomic E-state index is -3.03. The van der Waals surface area contributed by atoms with Gasteiger partial charge in [0.2, 0.25) is 0 Å². The van der Waals surface area contributed by atoms with E-state index in [1.54, 1.807) is 31.4 Å². The molecule has 0 bridgehead atoms. The third-order valence-corrected chi connectivity index (χ3v) is 6.95. The average Bonchev–Trinajstić information content (AvgIpc) is 3.07. The second kappa shape index (κ2) is 9.80. The van der Waals surface area contributed by atoms with Crippen LogP contribution in [0, 0.1) is 0 Å². The van der Waals surface area contributed by atoms with E-state index in [0.717, 1.165) is 11.3 Å². The van der Waals surface area contributed by atoms with Crippen LogP contribution in [0.3, 0.4) is 0 Å². The van der Waals surface area contributed by atoms with E-state index in [2.05, 4.69) is 0 Å². The van der Waals surface area contributed by atoms with Crippen molar-refractivity contribution in [3.8, 4) is 11.5 Å². The quantitative estimate of drug-likeness (QED) is 0.647. The number of hydrogen-bond donors (Lipinski definition) is 1. The van der Waals surface area contributed by atoms with Crippen LogP contribution in [0.5, 0.6) is 11.5 Å². The van der Waals surface area contributed by atoms with E-state index in [1.807, 2.05) is 29.2 Å². The number of rotatable bonds is 9. The molecule has 0 amide bonds. The molecular weight excluding hydrogens is 414 g/mol. The fraction of sp³-hybridized carbons (Fsp3) is 0.429. The van der Waals surface area contributed by atoms with Crippen LogP contribution in [0.2, 0.25) is 5.02 Å². The van der Waals surface area contributed by atoms with E-state index < -0.39 is 15.9 Å². The number of nitrogens with zero attached hydrogens (tertiary/aromatic N) is 1. The van der Waals surface area contributed by atoms with Gasteiger partial charge >= 0.3 is 0 Å². The van der Waals surface area contributed by atoms with Gasteiger partial charge < -0.3 is 14.6 Å². The van der Waals surface area contributed by atoms with E-state index in [1.165, 1.54) is 0 Å². The van der Waals surface area contributed by atoms with E-state index in [-0.39, 0.29) is 24.2 Å². The summed E-state index contributed by atoms with van der Waals surface area (Å²) in [6.45, 7) is 0.941. The molecule has 0 radical (unpaired) electrons. The van der Waals surface area contributed by atoms with E-state index >= 15 is 0 Å². The van der Waals surface area contributed by atoms with Gasteiger partial charge in [0.15, 0.2) is 9.84 Å². The van der Waals surface area contributed by atoms with Gasteiger partial charge in [-0.3, -0.25) is 4.90 Å². The minimum Gasteiger partial charge on any atom is -0.497 e. The summed E-state index contributed by atoms with van der Waals surface area (Å²) in [5, 5.41) is 11.2. The molecule has 1 fully saturated rings. The van der Waals surface area contributed by atoms with Crippen molar-refractivity contribution in [1.29, 1.82) is 0 Å². The zero-order chi connectivity index (χ0) is 20.9. The van der Waals surface area contributed by atoms with Crippen LogP contribution >= 0.6 is 11.6 Å². The highest BCUT2D eigenvalue weighted by Gasteiger charge is 2.33. The Labute approximate surface area is 176 Å². The maximum atomic E-state index is 12.0. The molecule has 158 valence electrons. The van der Waals surface area contributed by atoms with Gasteiger partial charge in [-0.25, -0.2) is 8.42 Å². The Hall–Kier alpha value is -1.80. The van der Waals surface area contributed by atoms with Crippen molar-refractivity contribution in [3.05, 3.63) is 59.1 Å². The molecule has 0 spiro atoms. The fourth-order valence-corrected chi connectivity index (χ4v) is 5.35. The highest BCUT2D eigenvalue weighted by molar-refractivity contribution is 7.91. The molecule has 1 saturated heterocycles. The number of benzene rings is 2.